The highest BCUT2D eigenvalue weighted by Crippen LogP contribution is 2.47. The van der Waals surface area contributed by atoms with Crippen LogP contribution in [0.25, 0.3) is 5.57 Å². The van der Waals surface area contributed by atoms with E-state index in [1.165, 1.54) is 5.57 Å². The molecule has 7 nitrogen and oxygen atoms in total. The van der Waals surface area contributed by atoms with Crippen molar-refractivity contribution in [2.24, 2.45) is 11.3 Å². The molecule has 1 aliphatic heterocycles. The van der Waals surface area contributed by atoms with E-state index >= 15 is 0 Å². The van der Waals surface area contributed by atoms with Crippen molar-refractivity contribution in [1.29, 1.82) is 0 Å². The van der Waals surface area contributed by atoms with Crippen LogP contribution < -0.4 is 4.90 Å². The number of carbonyl (C=O) groups excluding carboxylic acids is 2. The maximum Gasteiger partial charge on any atom is 0.340 e. The van der Waals surface area contributed by atoms with Gasteiger partial charge in [-0.25, -0.2) is 9.59 Å². The summed E-state index contributed by atoms with van der Waals surface area (Å²) < 4.78 is 17.8. The summed E-state index contributed by atoms with van der Waals surface area (Å²) in [5, 5.41) is 0. The summed E-state index contributed by atoms with van der Waals surface area (Å²) in [4.78, 5) is 33.5. The van der Waals surface area contributed by atoms with E-state index in [0.29, 0.717) is 18.1 Å². The average Bonchev–Trinajstić information content (AvgIpc) is 2.89. The molecule has 2 atom stereocenters. The van der Waals surface area contributed by atoms with Crippen molar-refractivity contribution in [2.45, 2.75) is 106 Å². The van der Waals surface area contributed by atoms with E-state index in [1.807, 2.05) is 59.7 Å². The van der Waals surface area contributed by atoms with E-state index in [2.05, 4.69) is 31.7 Å². The van der Waals surface area contributed by atoms with Crippen molar-refractivity contribution in [3.63, 3.8) is 0 Å². The van der Waals surface area contributed by atoms with Gasteiger partial charge >= 0.3 is 11.9 Å². The molecule has 1 aromatic carbocycles. The number of aromatic nitrogens is 1. The fourth-order valence-electron chi connectivity index (χ4n) is 5.94. The third kappa shape index (κ3) is 8.26. The Morgan fingerprint density at radius 3 is 2.26 bits per heavy atom. The third-order valence-electron chi connectivity index (χ3n) is 8.28. The van der Waals surface area contributed by atoms with Gasteiger partial charge in [0, 0.05) is 35.6 Å². The van der Waals surface area contributed by atoms with Crippen LogP contribution in [0.3, 0.4) is 0 Å². The lowest BCUT2D eigenvalue weighted by atomic mass is 9.77. The maximum absolute atomic E-state index is 13.6. The largest absolute Gasteiger partial charge is 0.462 e. The minimum Gasteiger partial charge on any atom is -0.462 e. The van der Waals surface area contributed by atoms with E-state index in [0.717, 1.165) is 67.0 Å². The Kier molecular flexibility index (Phi) is 10.1. The Morgan fingerprint density at radius 1 is 1.05 bits per heavy atom. The molecule has 0 N–H and O–H groups in total. The molecular weight excluding hydrogens is 540 g/mol. The molecule has 4 rings (SSSR count). The molecule has 0 spiro atoms. The van der Waals surface area contributed by atoms with E-state index in [-0.39, 0.29) is 23.5 Å². The number of carbonyl (C=O) groups is 2. The number of rotatable bonds is 10. The van der Waals surface area contributed by atoms with Gasteiger partial charge in [-0.1, -0.05) is 38.1 Å². The summed E-state index contributed by atoms with van der Waals surface area (Å²) >= 11 is 0. The Hall–Kier alpha value is -3.19. The Labute approximate surface area is 258 Å². The molecule has 7 heteroatoms. The van der Waals surface area contributed by atoms with Crippen LogP contribution in [0.5, 0.6) is 0 Å². The van der Waals surface area contributed by atoms with E-state index in [1.54, 1.807) is 12.1 Å². The summed E-state index contributed by atoms with van der Waals surface area (Å²) in [6.07, 6.45) is 4.86. The van der Waals surface area contributed by atoms with E-state index in [4.69, 9.17) is 19.2 Å². The highest BCUT2D eigenvalue weighted by molar-refractivity contribution is 5.89. The standard InChI is InChI=1S/C36H50N2O5/c1-23(2)42-34(40)32(43-35(5,6)7)30-25(4)37-24(3)29(31(30)38-18-16-36(8,9)17-19-38)28-21-26(22-28)15-20-41-33(39)27-13-11-10-12-14-27/h10-14,21,23,26,32H,15-20,22H2,1-9H3. The fourth-order valence-corrected chi connectivity index (χ4v) is 5.94. The summed E-state index contributed by atoms with van der Waals surface area (Å²) in [6, 6.07) is 9.10. The minimum absolute atomic E-state index is 0.262. The number of nitrogens with zero attached hydrogens (tertiary/aromatic N) is 2. The number of anilines is 1. The van der Waals surface area contributed by atoms with Gasteiger partial charge in [-0.2, -0.15) is 0 Å². The fraction of sp³-hybridized carbons (Fsp3) is 0.583. The van der Waals surface area contributed by atoms with Gasteiger partial charge in [-0.05, 0) is 103 Å². The predicted octanol–water partition coefficient (Wildman–Crippen LogP) is 7.78. The number of hydrogen-bond donors (Lipinski definition) is 0. The van der Waals surface area contributed by atoms with E-state index in [9.17, 15) is 9.59 Å². The first-order chi connectivity index (χ1) is 20.1. The second-order valence-corrected chi connectivity index (χ2v) is 14.1. The number of pyridine rings is 1. The molecule has 0 radical (unpaired) electrons. The Bertz CT molecular complexity index is 1330. The molecule has 1 aromatic heterocycles. The molecule has 0 saturated carbocycles. The van der Waals surface area contributed by atoms with Crippen molar-refractivity contribution in [2.75, 3.05) is 24.6 Å². The minimum atomic E-state index is -0.895. The zero-order chi connectivity index (χ0) is 31.5. The predicted molar refractivity (Wildman–Crippen MR) is 171 cm³/mol. The first-order valence-electron chi connectivity index (χ1n) is 15.7. The maximum atomic E-state index is 13.6. The highest BCUT2D eigenvalue weighted by Gasteiger charge is 2.38. The molecular formula is C36H50N2O5. The number of benzene rings is 1. The van der Waals surface area contributed by atoms with Gasteiger partial charge in [0.2, 0.25) is 0 Å². The molecule has 2 unspecified atom stereocenters. The van der Waals surface area contributed by atoms with Gasteiger partial charge in [-0.3, -0.25) is 4.98 Å². The summed E-state index contributed by atoms with van der Waals surface area (Å²) in [6.45, 7) is 20.5. The lowest BCUT2D eigenvalue weighted by Crippen LogP contribution is -2.40. The van der Waals surface area contributed by atoms with Gasteiger partial charge in [-0.15, -0.1) is 0 Å². The molecule has 2 aromatic rings. The molecule has 43 heavy (non-hydrogen) atoms. The smallest absolute Gasteiger partial charge is 0.340 e. The molecule has 0 bridgehead atoms. The molecule has 1 fully saturated rings. The SMILES string of the molecule is Cc1nc(C)c(C(OC(C)(C)C)C(=O)OC(C)C)c(N2CCC(C)(C)CC2)c1C1=CC(CCOC(=O)c2ccccc2)C1. The van der Waals surface area contributed by atoms with Crippen molar-refractivity contribution >= 4 is 23.2 Å². The zero-order valence-electron chi connectivity index (χ0n) is 27.6. The van der Waals surface area contributed by atoms with Gasteiger partial charge in [0.1, 0.15) is 0 Å². The van der Waals surface area contributed by atoms with Crippen LogP contribution in [0, 0.1) is 25.2 Å². The second kappa shape index (κ2) is 13.2. The van der Waals surface area contributed by atoms with Gasteiger partial charge in [0.05, 0.1) is 29.6 Å². The number of esters is 2. The topological polar surface area (TPSA) is 78.0 Å². The van der Waals surface area contributed by atoms with E-state index < -0.39 is 11.7 Å². The van der Waals surface area contributed by atoms with Crippen LogP contribution in [-0.2, 0) is 19.0 Å². The third-order valence-corrected chi connectivity index (χ3v) is 8.28. The number of ether oxygens (including phenoxy) is 3. The number of hydrogen-bond acceptors (Lipinski definition) is 7. The normalized spacial score (nSPS) is 19.0. The van der Waals surface area contributed by atoms with Gasteiger partial charge < -0.3 is 19.1 Å². The van der Waals surface area contributed by atoms with Crippen molar-refractivity contribution in [1.82, 2.24) is 4.98 Å². The summed E-state index contributed by atoms with van der Waals surface area (Å²) in [5.74, 6) is -0.367. The molecule has 234 valence electrons. The van der Waals surface area contributed by atoms with Crippen LogP contribution in [0.1, 0.15) is 113 Å². The quantitative estimate of drug-likeness (QED) is 0.262. The lowest BCUT2D eigenvalue weighted by Gasteiger charge is -2.42. The molecule has 2 aliphatic rings. The van der Waals surface area contributed by atoms with Crippen molar-refractivity contribution < 1.29 is 23.8 Å². The van der Waals surface area contributed by atoms with Crippen LogP contribution in [0.2, 0.25) is 0 Å². The molecule has 1 aliphatic carbocycles. The number of allylic oxidation sites excluding steroid dienone is 2. The lowest BCUT2D eigenvalue weighted by molar-refractivity contribution is -0.171. The first-order valence-corrected chi connectivity index (χ1v) is 15.7. The Morgan fingerprint density at radius 2 is 1.67 bits per heavy atom. The van der Waals surface area contributed by atoms with Crippen molar-refractivity contribution in [3.05, 3.63) is 64.5 Å². The number of piperidine rings is 1. The molecule has 0 amide bonds. The van der Waals surface area contributed by atoms with Crippen molar-refractivity contribution in [3.8, 4) is 0 Å². The first kappa shape index (κ1) is 32.7. The Balaban J connectivity index is 1.68. The average molecular weight is 591 g/mol. The number of aryl methyl sites for hydroxylation is 2. The van der Waals surface area contributed by atoms with Gasteiger partial charge in [0.25, 0.3) is 0 Å². The molecule has 2 heterocycles. The van der Waals surface area contributed by atoms with Crippen LogP contribution in [0.4, 0.5) is 5.69 Å². The zero-order valence-corrected chi connectivity index (χ0v) is 27.6. The molecule has 1 saturated heterocycles. The summed E-state index contributed by atoms with van der Waals surface area (Å²) in [7, 11) is 0. The second-order valence-electron chi connectivity index (χ2n) is 14.1. The van der Waals surface area contributed by atoms with Crippen LogP contribution >= 0.6 is 0 Å². The highest BCUT2D eigenvalue weighted by atomic mass is 16.6. The summed E-state index contributed by atoms with van der Waals surface area (Å²) in [5.41, 5.74) is 6.18. The van der Waals surface area contributed by atoms with Gasteiger partial charge in [0.15, 0.2) is 6.10 Å². The monoisotopic (exact) mass is 590 g/mol. The van der Waals surface area contributed by atoms with Crippen LogP contribution in [0.15, 0.2) is 36.4 Å². The van der Waals surface area contributed by atoms with Crippen LogP contribution in [-0.4, -0.2) is 48.3 Å².